The van der Waals surface area contributed by atoms with Crippen molar-refractivity contribution in [2.24, 2.45) is 23.7 Å². The van der Waals surface area contributed by atoms with Crippen molar-refractivity contribution in [3.63, 3.8) is 0 Å². The van der Waals surface area contributed by atoms with Crippen LogP contribution in [0.1, 0.15) is 357 Å². The van der Waals surface area contributed by atoms with E-state index < -0.39 is 97.5 Å². The third-order valence-electron chi connectivity index (χ3n) is 16.9. The van der Waals surface area contributed by atoms with Crippen LogP contribution in [-0.2, 0) is 65.4 Å². The third kappa shape index (κ3) is 65.1. The summed E-state index contributed by atoms with van der Waals surface area (Å²) in [6.45, 7) is 14.1. The van der Waals surface area contributed by atoms with E-state index in [-0.39, 0.29) is 25.7 Å². The van der Waals surface area contributed by atoms with Gasteiger partial charge in [-0.15, -0.1) is 0 Å². The molecule has 0 aromatic heterocycles. The molecule has 19 heteroatoms. The van der Waals surface area contributed by atoms with Gasteiger partial charge in [0, 0.05) is 25.7 Å². The summed E-state index contributed by atoms with van der Waals surface area (Å²) in [6, 6.07) is 0. The average molecular weight is 1340 g/mol. The summed E-state index contributed by atoms with van der Waals surface area (Å²) in [7, 11) is -9.91. The number of rotatable bonds is 69. The lowest BCUT2D eigenvalue weighted by Gasteiger charge is -2.21. The van der Waals surface area contributed by atoms with Gasteiger partial charge in [-0.05, 0) is 49.4 Å². The van der Waals surface area contributed by atoms with Crippen molar-refractivity contribution in [2.45, 2.75) is 375 Å². The number of aliphatic hydroxyl groups excluding tert-OH is 1. The predicted octanol–water partition coefficient (Wildman–Crippen LogP) is 20.5. The van der Waals surface area contributed by atoms with Crippen LogP contribution in [0.2, 0.25) is 0 Å². The topological polar surface area (TPSA) is 237 Å². The number of carbonyl (C=O) groups is 4. The Morgan fingerprint density at radius 3 is 0.780 bits per heavy atom. The Morgan fingerprint density at radius 2 is 0.527 bits per heavy atom. The molecule has 540 valence electrons. The first-order valence-electron chi connectivity index (χ1n) is 37.2. The summed E-state index contributed by atoms with van der Waals surface area (Å²) in [5.41, 5.74) is 0. The highest BCUT2D eigenvalue weighted by molar-refractivity contribution is 7.47. The molecule has 3 N–H and O–H groups in total. The Kier molecular flexibility index (Phi) is 60.3. The molecule has 4 unspecified atom stereocenters. The lowest BCUT2D eigenvalue weighted by molar-refractivity contribution is -0.161. The molecule has 0 saturated carbocycles. The van der Waals surface area contributed by atoms with Crippen LogP contribution in [0.5, 0.6) is 0 Å². The molecule has 0 amide bonds. The zero-order valence-electron chi connectivity index (χ0n) is 59.5. The van der Waals surface area contributed by atoms with Crippen LogP contribution in [0.15, 0.2) is 0 Å². The minimum absolute atomic E-state index is 0.105. The van der Waals surface area contributed by atoms with Crippen molar-refractivity contribution in [1.82, 2.24) is 0 Å². The van der Waals surface area contributed by atoms with Gasteiger partial charge >= 0.3 is 39.5 Å². The molecule has 0 rings (SSSR count). The summed E-state index contributed by atoms with van der Waals surface area (Å²) in [5.74, 6) is 0.905. The van der Waals surface area contributed by atoms with E-state index in [2.05, 4.69) is 55.4 Å². The molecule has 0 aliphatic heterocycles. The molecule has 6 atom stereocenters. The zero-order chi connectivity index (χ0) is 67.5. The summed E-state index contributed by atoms with van der Waals surface area (Å²) in [5, 5.41) is 10.6. The minimum atomic E-state index is -4.95. The molecule has 0 aliphatic carbocycles. The minimum Gasteiger partial charge on any atom is -0.462 e. The maximum absolute atomic E-state index is 13.0. The molecule has 0 aromatic carbocycles. The molecule has 0 fully saturated rings. The summed E-state index contributed by atoms with van der Waals surface area (Å²) < 4.78 is 68.4. The Bertz CT molecular complexity index is 1800. The molecule has 17 nitrogen and oxygen atoms in total. The smallest absolute Gasteiger partial charge is 0.462 e. The largest absolute Gasteiger partial charge is 0.472 e. The van der Waals surface area contributed by atoms with Crippen molar-refractivity contribution >= 4 is 39.5 Å². The first-order chi connectivity index (χ1) is 43.6. The SMILES string of the molecule is CCC(C)CCCCCCCCCCCCC(=O)O[C@H](COC(=O)CCCCCCCCCC(C)C)COP(=O)(O)OCC(O)COP(=O)(O)OC[C@@H](COC(=O)CCCCCCCCCCCCC(C)C)OC(=O)CCCCCCCCCCCCCC(C)C. The first kappa shape index (κ1) is 89.1. The number of phosphoric acid groups is 2. The van der Waals surface area contributed by atoms with Gasteiger partial charge in [0.25, 0.3) is 0 Å². The van der Waals surface area contributed by atoms with Crippen LogP contribution < -0.4 is 0 Å². The zero-order valence-corrected chi connectivity index (χ0v) is 61.3. The third-order valence-corrected chi connectivity index (χ3v) is 18.8. The van der Waals surface area contributed by atoms with Gasteiger partial charge in [0.05, 0.1) is 26.4 Å². The Morgan fingerprint density at radius 1 is 0.308 bits per heavy atom. The predicted molar refractivity (Wildman–Crippen MR) is 367 cm³/mol. The van der Waals surface area contributed by atoms with Crippen LogP contribution in [0.25, 0.3) is 0 Å². The summed E-state index contributed by atoms with van der Waals surface area (Å²) in [4.78, 5) is 72.6. The second-order valence-corrected chi connectivity index (χ2v) is 30.6. The van der Waals surface area contributed by atoms with Crippen LogP contribution in [-0.4, -0.2) is 96.7 Å². The van der Waals surface area contributed by atoms with Crippen molar-refractivity contribution in [1.29, 1.82) is 0 Å². The summed E-state index contributed by atoms with van der Waals surface area (Å²) >= 11 is 0. The van der Waals surface area contributed by atoms with Crippen LogP contribution in [0.3, 0.4) is 0 Å². The molecular formula is C72H140O17P2. The standard InChI is InChI=1S/C72H140O17P2/c1-9-65(8)51-43-35-27-19-14-16-22-30-39-47-55-72(77)89-68(59-83-70(75)53-45-37-31-23-26-34-42-50-64(6)7)61-87-91(80,81)85-57-66(73)56-84-90(78,79)86-60-67(58-82-69(74)52-44-36-28-20-15-13-18-25-33-41-49-63(4)5)88-71(76)54-46-38-29-21-12-10-11-17-24-32-40-48-62(2)3/h62-68,73H,9-61H2,1-8H3,(H,78,79)(H,80,81)/t65?,66?,67-,68-/m1/s1. The number of ether oxygens (including phenoxy) is 4. The van der Waals surface area contributed by atoms with Crippen molar-refractivity contribution in [3.8, 4) is 0 Å². The Balaban J connectivity index is 5.27. The van der Waals surface area contributed by atoms with E-state index in [4.69, 9.17) is 37.0 Å². The number of unbranched alkanes of at least 4 members (excludes halogenated alkanes) is 34. The maximum Gasteiger partial charge on any atom is 0.472 e. The van der Waals surface area contributed by atoms with Crippen LogP contribution in [0.4, 0.5) is 0 Å². The fraction of sp³-hybridized carbons (Fsp3) is 0.944. The highest BCUT2D eigenvalue weighted by Crippen LogP contribution is 2.45. The molecule has 91 heavy (non-hydrogen) atoms. The van der Waals surface area contributed by atoms with Gasteiger partial charge in [0.2, 0.25) is 0 Å². The Labute approximate surface area is 556 Å². The molecule has 0 aliphatic rings. The van der Waals surface area contributed by atoms with Crippen molar-refractivity contribution in [3.05, 3.63) is 0 Å². The van der Waals surface area contributed by atoms with Crippen molar-refractivity contribution in [2.75, 3.05) is 39.6 Å². The number of esters is 4. The van der Waals surface area contributed by atoms with Crippen LogP contribution in [0, 0.1) is 23.7 Å². The number of hydrogen-bond acceptors (Lipinski definition) is 15. The maximum atomic E-state index is 13.0. The fourth-order valence-electron chi connectivity index (χ4n) is 10.8. The normalized spacial score (nSPS) is 14.5. The number of aliphatic hydroxyl groups is 1. The van der Waals surface area contributed by atoms with Gasteiger partial charge in [-0.2, -0.15) is 0 Å². The number of phosphoric ester groups is 2. The van der Waals surface area contributed by atoms with Gasteiger partial charge in [0.1, 0.15) is 19.3 Å². The molecule has 0 heterocycles. The van der Waals surface area contributed by atoms with Gasteiger partial charge in [-0.3, -0.25) is 37.3 Å². The Hall–Kier alpha value is -1.94. The van der Waals surface area contributed by atoms with E-state index >= 15 is 0 Å². The molecule has 0 radical (unpaired) electrons. The fourth-order valence-corrected chi connectivity index (χ4v) is 12.4. The molecule has 0 saturated heterocycles. The monoisotopic (exact) mass is 1340 g/mol. The first-order valence-corrected chi connectivity index (χ1v) is 40.2. The second-order valence-electron chi connectivity index (χ2n) is 27.6. The van der Waals surface area contributed by atoms with E-state index in [1.54, 1.807) is 0 Å². The average Bonchev–Trinajstić information content (AvgIpc) is 3.62. The highest BCUT2D eigenvalue weighted by atomic mass is 31.2. The van der Waals surface area contributed by atoms with Gasteiger partial charge in [0.15, 0.2) is 12.2 Å². The van der Waals surface area contributed by atoms with Gasteiger partial charge in [-0.25, -0.2) is 9.13 Å². The van der Waals surface area contributed by atoms with Crippen molar-refractivity contribution < 1.29 is 80.2 Å². The molecule has 0 aromatic rings. The van der Waals surface area contributed by atoms with Gasteiger partial charge < -0.3 is 33.8 Å². The lowest BCUT2D eigenvalue weighted by atomic mass is 9.99. The second kappa shape index (κ2) is 61.6. The lowest BCUT2D eigenvalue weighted by Crippen LogP contribution is -2.30. The van der Waals surface area contributed by atoms with E-state index in [9.17, 15) is 43.2 Å². The molecular weight excluding hydrogens is 1200 g/mol. The van der Waals surface area contributed by atoms with Gasteiger partial charge in [-0.1, -0.05) is 306 Å². The molecule has 0 spiro atoms. The number of hydrogen-bond donors (Lipinski definition) is 3. The molecule has 0 bridgehead atoms. The quantitative estimate of drug-likeness (QED) is 0.0222. The van der Waals surface area contributed by atoms with E-state index in [0.717, 1.165) is 114 Å². The highest BCUT2D eigenvalue weighted by Gasteiger charge is 2.30. The van der Waals surface area contributed by atoms with E-state index in [0.29, 0.717) is 31.6 Å². The summed E-state index contributed by atoms with van der Waals surface area (Å²) in [6.07, 6.45) is 44.4. The van der Waals surface area contributed by atoms with E-state index in [1.807, 2.05) is 0 Å². The van der Waals surface area contributed by atoms with E-state index in [1.165, 1.54) is 154 Å². The van der Waals surface area contributed by atoms with Crippen LogP contribution >= 0.6 is 15.6 Å². The number of carbonyl (C=O) groups excluding carboxylic acids is 4.